The highest BCUT2D eigenvalue weighted by atomic mass is 32.3. The Labute approximate surface area is 198 Å². The zero-order valence-electron chi connectivity index (χ0n) is 17.7. The minimum atomic E-state index is -4.78. The average molecular weight is 527 g/mol. The number of nitro benzene ring substituents is 1. The first-order valence-electron chi connectivity index (χ1n) is 9.50. The van der Waals surface area contributed by atoms with Crippen LogP contribution in [0, 0.1) is 10.1 Å². The molecule has 35 heavy (non-hydrogen) atoms. The number of carbonyl (C=O) groups is 1. The quantitative estimate of drug-likeness (QED) is 0.208. The first-order valence-corrected chi connectivity index (χ1v) is 12.5. The van der Waals surface area contributed by atoms with Crippen LogP contribution in [-0.4, -0.2) is 61.4 Å². The SMILES string of the molecule is CC1=NN(c2ccc(S(=O)(=O)CCOS(=O)(=O)O)cc2)C(=O)C1N=Nc1cc([N+](=O)[O-])ccc1O. The average Bonchev–Trinajstić information content (AvgIpc) is 3.05. The normalized spacial score (nSPS) is 16.6. The Morgan fingerprint density at radius 3 is 2.43 bits per heavy atom. The number of nitro groups is 1. The third kappa shape index (κ3) is 6.21. The van der Waals surface area contributed by atoms with Crippen molar-refractivity contribution >= 4 is 48.9 Å². The van der Waals surface area contributed by atoms with E-state index in [9.17, 15) is 36.9 Å². The Morgan fingerprint density at radius 2 is 1.83 bits per heavy atom. The second-order valence-corrected chi connectivity index (χ2v) is 10.2. The summed E-state index contributed by atoms with van der Waals surface area (Å²) < 4.78 is 58.2. The minimum absolute atomic E-state index is 0.190. The van der Waals surface area contributed by atoms with Crippen molar-refractivity contribution in [2.45, 2.75) is 17.9 Å². The Balaban J connectivity index is 1.75. The lowest BCUT2D eigenvalue weighted by molar-refractivity contribution is -0.384. The molecule has 186 valence electrons. The molecule has 0 spiro atoms. The third-order valence-electron chi connectivity index (χ3n) is 4.57. The Bertz CT molecular complexity index is 1440. The number of hydrazone groups is 1. The number of hydrogen-bond donors (Lipinski definition) is 2. The van der Waals surface area contributed by atoms with Crippen molar-refractivity contribution in [2.75, 3.05) is 17.4 Å². The van der Waals surface area contributed by atoms with E-state index >= 15 is 0 Å². The van der Waals surface area contributed by atoms with Crippen molar-refractivity contribution in [3.05, 3.63) is 52.6 Å². The highest BCUT2D eigenvalue weighted by molar-refractivity contribution is 7.91. The number of amides is 1. The highest BCUT2D eigenvalue weighted by Gasteiger charge is 2.35. The fourth-order valence-corrected chi connectivity index (χ4v) is 4.35. The van der Waals surface area contributed by atoms with Crippen LogP contribution >= 0.6 is 0 Å². The number of nitrogens with zero attached hydrogens (tertiary/aromatic N) is 5. The maximum atomic E-state index is 12.8. The second kappa shape index (κ2) is 9.82. The summed E-state index contributed by atoms with van der Waals surface area (Å²) in [5.41, 5.74) is -0.131. The molecule has 1 unspecified atom stereocenters. The predicted molar refractivity (Wildman–Crippen MR) is 120 cm³/mol. The molecule has 0 bridgehead atoms. The van der Waals surface area contributed by atoms with Crippen molar-refractivity contribution in [3.63, 3.8) is 0 Å². The molecule has 0 aromatic heterocycles. The second-order valence-electron chi connectivity index (χ2n) is 7.00. The van der Waals surface area contributed by atoms with Gasteiger partial charge in [0, 0.05) is 12.1 Å². The smallest absolute Gasteiger partial charge is 0.397 e. The number of rotatable bonds is 9. The van der Waals surface area contributed by atoms with Crippen LogP contribution < -0.4 is 5.01 Å². The monoisotopic (exact) mass is 527 g/mol. The van der Waals surface area contributed by atoms with Crippen LogP contribution in [0.25, 0.3) is 0 Å². The van der Waals surface area contributed by atoms with E-state index in [1.807, 2.05) is 0 Å². The standard InChI is InChI=1S/C18H17N5O10S2/c1-11-17(20-19-15-10-13(23(26)27)4-7-16(15)24)18(25)22(21-11)12-2-5-14(6-3-12)34(28,29)9-8-33-35(30,31)32/h2-7,10,17,24H,8-9H2,1H3,(H,30,31,32). The molecule has 0 aliphatic carbocycles. The van der Waals surface area contributed by atoms with E-state index in [1.54, 1.807) is 0 Å². The van der Waals surface area contributed by atoms with Gasteiger partial charge in [0.1, 0.15) is 11.4 Å². The van der Waals surface area contributed by atoms with E-state index in [0.29, 0.717) is 0 Å². The zero-order chi connectivity index (χ0) is 26.0. The fourth-order valence-electron chi connectivity index (χ4n) is 2.86. The van der Waals surface area contributed by atoms with Gasteiger partial charge in [0.05, 0.1) is 33.6 Å². The summed E-state index contributed by atoms with van der Waals surface area (Å²) in [5.74, 6) is -1.75. The largest absolute Gasteiger partial charge is 0.506 e. The molecule has 2 aromatic rings. The van der Waals surface area contributed by atoms with Crippen molar-refractivity contribution in [2.24, 2.45) is 15.3 Å². The molecule has 3 rings (SSSR count). The summed E-state index contributed by atoms with van der Waals surface area (Å²) in [6.07, 6.45) is 0. The molecule has 1 amide bonds. The van der Waals surface area contributed by atoms with Gasteiger partial charge in [-0.1, -0.05) is 0 Å². The van der Waals surface area contributed by atoms with Crippen molar-refractivity contribution in [1.82, 2.24) is 0 Å². The fraction of sp³-hybridized carbons (Fsp3) is 0.222. The first kappa shape index (κ1) is 25.8. The molecule has 0 saturated carbocycles. The summed E-state index contributed by atoms with van der Waals surface area (Å²) in [6.45, 7) is 0.701. The van der Waals surface area contributed by atoms with Gasteiger partial charge < -0.3 is 5.11 Å². The maximum Gasteiger partial charge on any atom is 0.397 e. The Morgan fingerprint density at radius 1 is 1.17 bits per heavy atom. The molecule has 0 saturated heterocycles. The lowest BCUT2D eigenvalue weighted by atomic mass is 10.2. The van der Waals surface area contributed by atoms with E-state index in [2.05, 4.69) is 19.5 Å². The summed E-state index contributed by atoms with van der Waals surface area (Å²) >= 11 is 0. The van der Waals surface area contributed by atoms with Crippen molar-refractivity contribution in [3.8, 4) is 5.75 Å². The number of sulfone groups is 1. The lowest BCUT2D eigenvalue weighted by Crippen LogP contribution is -2.29. The van der Waals surface area contributed by atoms with Gasteiger partial charge in [-0.15, -0.1) is 0 Å². The van der Waals surface area contributed by atoms with E-state index < -0.39 is 49.5 Å². The molecule has 17 heteroatoms. The molecule has 1 atom stereocenters. The van der Waals surface area contributed by atoms with Crippen LogP contribution in [0.2, 0.25) is 0 Å². The van der Waals surface area contributed by atoms with Gasteiger partial charge >= 0.3 is 10.4 Å². The minimum Gasteiger partial charge on any atom is -0.506 e. The Kier molecular flexibility index (Phi) is 7.25. The number of non-ortho nitro benzene ring substituents is 1. The van der Waals surface area contributed by atoms with Gasteiger partial charge in [0.25, 0.3) is 11.6 Å². The molecular formula is C18H17N5O10S2. The molecule has 1 aliphatic heterocycles. The van der Waals surface area contributed by atoms with Gasteiger partial charge in [-0.05, 0) is 37.3 Å². The molecule has 0 radical (unpaired) electrons. The summed E-state index contributed by atoms with van der Waals surface area (Å²) in [5, 5.41) is 33.4. The Hall–Kier alpha value is -3.80. The lowest BCUT2D eigenvalue weighted by Gasteiger charge is -2.13. The zero-order valence-corrected chi connectivity index (χ0v) is 19.4. The van der Waals surface area contributed by atoms with Crippen LogP contribution in [0.4, 0.5) is 17.1 Å². The molecule has 1 heterocycles. The number of azo groups is 1. The van der Waals surface area contributed by atoms with Crippen LogP contribution in [0.1, 0.15) is 6.92 Å². The molecule has 15 nitrogen and oxygen atoms in total. The number of hydrogen-bond acceptors (Lipinski definition) is 12. The summed E-state index contributed by atoms with van der Waals surface area (Å²) in [4.78, 5) is 22.8. The van der Waals surface area contributed by atoms with Crippen LogP contribution in [-0.2, 0) is 29.2 Å². The molecular weight excluding hydrogens is 510 g/mol. The van der Waals surface area contributed by atoms with E-state index in [4.69, 9.17) is 4.55 Å². The van der Waals surface area contributed by atoms with Crippen LogP contribution in [0.5, 0.6) is 5.75 Å². The summed E-state index contributed by atoms with van der Waals surface area (Å²) in [6, 6.07) is 6.87. The molecule has 2 aromatic carbocycles. The third-order valence-corrected chi connectivity index (χ3v) is 6.73. The predicted octanol–water partition coefficient (Wildman–Crippen LogP) is 1.77. The van der Waals surface area contributed by atoms with E-state index in [-0.39, 0.29) is 33.4 Å². The number of benzene rings is 2. The molecule has 1 aliphatic rings. The first-order chi connectivity index (χ1) is 16.3. The summed E-state index contributed by atoms with van der Waals surface area (Å²) in [7, 11) is -8.73. The maximum absolute atomic E-state index is 12.8. The van der Waals surface area contributed by atoms with Crippen molar-refractivity contribution in [1.29, 1.82) is 0 Å². The molecule has 2 N–H and O–H groups in total. The van der Waals surface area contributed by atoms with Crippen LogP contribution in [0.15, 0.2) is 62.7 Å². The van der Waals surface area contributed by atoms with Gasteiger partial charge in [-0.3, -0.25) is 19.5 Å². The number of phenols is 1. The van der Waals surface area contributed by atoms with Crippen molar-refractivity contribution < 1.29 is 40.4 Å². The van der Waals surface area contributed by atoms with Crippen LogP contribution in [0.3, 0.4) is 0 Å². The number of carbonyl (C=O) groups excluding carboxylic acids is 1. The van der Waals surface area contributed by atoms with Gasteiger partial charge in [0.15, 0.2) is 15.9 Å². The van der Waals surface area contributed by atoms with Gasteiger partial charge in [-0.25, -0.2) is 12.6 Å². The van der Waals surface area contributed by atoms with E-state index in [1.165, 1.54) is 31.2 Å². The topological polar surface area (TPSA) is 218 Å². The van der Waals surface area contributed by atoms with Gasteiger partial charge in [-0.2, -0.15) is 28.8 Å². The number of phenolic OH excluding ortho intramolecular Hbond substituents is 1. The number of anilines is 1. The van der Waals surface area contributed by atoms with Gasteiger partial charge in [0.2, 0.25) is 0 Å². The number of aromatic hydroxyl groups is 1. The molecule has 0 fully saturated rings. The highest BCUT2D eigenvalue weighted by Crippen LogP contribution is 2.32. The van der Waals surface area contributed by atoms with E-state index in [0.717, 1.165) is 23.2 Å².